The molecule has 136 valence electrons. The molecule has 0 N–H and O–H groups in total. The molecule has 0 saturated carbocycles. The highest BCUT2D eigenvalue weighted by atomic mass is 32.2. The Morgan fingerprint density at radius 3 is 2.44 bits per heavy atom. The predicted octanol–water partition coefficient (Wildman–Crippen LogP) is 0.437. The summed E-state index contributed by atoms with van der Waals surface area (Å²) in [6.07, 6.45) is 2.61. The van der Waals surface area contributed by atoms with Gasteiger partial charge in [0.1, 0.15) is 0 Å². The number of ether oxygens (including phenoxy) is 3. The van der Waals surface area contributed by atoms with E-state index < -0.39 is 28.6 Å². The molecular formula is C16H19NO7S. The van der Waals surface area contributed by atoms with Gasteiger partial charge in [0.25, 0.3) is 0 Å². The van der Waals surface area contributed by atoms with Gasteiger partial charge in [-0.1, -0.05) is 12.1 Å². The third-order valence-electron chi connectivity index (χ3n) is 3.46. The minimum absolute atomic E-state index is 0.180. The quantitative estimate of drug-likeness (QED) is 0.530. The van der Waals surface area contributed by atoms with Gasteiger partial charge in [-0.2, -0.15) is 4.31 Å². The molecule has 0 unspecified atom stereocenters. The number of esters is 2. The molecule has 0 aliphatic carbocycles. The molecule has 1 aromatic carbocycles. The van der Waals surface area contributed by atoms with Gasteiger partial charge in [-0.15, -0.1) is 0 Å². The van der Waals surface area contributed by atoms with Crippen molar-refractivity contribution >= 4 is 28.0 Å². The largest absolute Gasteiger partial charge is 0.466 e. The summed E-state index contributed by atoms with van der Waals surface area (Å²) in [4.78, 5) is 22.5. The number of methoxy groups -OCH3 is 1. The highest BCUT2D eigenvalue weighted by Crippen LogP contribution is 2.18. The maximum absolute atomic E-state index is 12.5. The second-order valence-electron chi connectivity index (χ2n) is 5.10. The van der Waals surface area contributed by atoms with Crippen molar-refractivity contribution in [2.45, 2.75) is 4.90 Å². The van der Waals surface area contributed by atoms with Crippen molar-refractivity contribution in [3.8, 4) is 0 Å². The van der Waals surface area contributed by atoms with Crippen LogP contribution in [0.1, 0.15) is 5.56 Å². The number of carbonyl (C=O) groups is 2. The Hall–Kier alpha value is -2.23. The summed E-state index contributed by atoms with van der Waals surface area (Å²) in [5.74, 6) is -1.35. The third kappa shape index (κ3) is 5.38. The van der Waals surface area contributed by atoms with E-state index in [0.29, 0.717) is 31.9 Å². The highest BCUT2D eigenvalue weighted by molar-refractivity contribution is 7.89. The van der Waals surface area contributed by atoms with Gasteiger partial charge in [-0.3, -0.25) is 0 Å². The normalized spacial score (nSPS) is 15.9. The maximum Gasteiger partial charge on any atom is 0.344 e. The molecule has 1 saturated heterocycles. The van der Waals surface area contributed by atoms with Gasteiger partial charge in [0.15, 0.2) is 6.61 Å². The van der Waals surface area contributed by atoms with Gasteiger partial charge in [0.05, 0.1) is 25.2 Å². The van der Waals surface area contributed by atoms with E-state index in [1.165, 1.54) is 29.6 Å². The van der Waals surface area contributed by atoms with Crippen molar-refractivity contribution in [2.24, 2.45) is 0 Å². The number of morpholine rings is 1. The summed E-state index contributed by atoms with van der Waals surface area (Å²) in [7, 11) is -2.35. The first-order valence-corrected chi connectivity index (χ1v) is 8.97. The number of nitrogens with zero attached hydrogens (tertiary/aromatic N) is 1. The first kappa shape index (κ1) is 19.1. The molecule has 0 amide bonds. The van der Waals surface area contributed by atoms with Crippen LogP contribution in [0.3, 0.4) is 0 Å². The van der Waals surface area contributed by atoms with E-state index in [9.17, 15) is 18.0 Å². The van der Waals surface area contributed by atoms with Crippen LogP contribution in [0.25, 0.3) is 6.08 Å². The van der Waals surface area contributed by atoms with E-state index in [1.54, 1.807) is 12.1 Å². The minimum atomic E-state index is -3.54. The molecule has 1 fully saturated rings. The van der Waals surface area contributed by atoms with E-state index in [2.05, 4.69) is 9.47 Å². The molecule has 1 aromatic rings. The van der Waals surface area contributed by atoms with E-state index >= 15 is 0 Å². The summed E-state index contributed by atoms with van der Waals surface area (Å²) < 4.78 is 40.5. The average Bonchev–Trinajstić information content (AvgIpc) is 2.65. The predicted molar refractivity (Wildman–Crippen MR) is 88.0 cm³/mol. The monoisotopic (exact) mass is 369 g/mol. The van der Waals surface area contributed by atoms with Crippen LogP contribution in [0.2, 0.25) is 0 Å². The van der Waals surface area contributed by atoms with E-state index in [0.717, 1.165) is 6.08 Å². The molecule has 8 nitrogen and oxygen atoms in total. The van der Waals surface area contributed by atoms with Crippen molar-refractivity contribution in [1.82, 2.24) is 4.31 Å². The number of rotatable bonds is 6. The minimum Gasteiger partial charge on any atom is -0.466 e. The van der Waals surface area contributed by atoms with Gasteiger partial charge in [-0.05, 0) is 23.8 Å². The van der Waals surface area contributed by atoms with Crippen LogP contribution in [0.5, 0.6) is 0 Å². The van der Waals surface area contributed by atoms with Crippen LogP contribution in [-0.4, -0.2) is 64.7 Å². The molecule has 0 aromatic heterocycles. The Kier molecular flexibility index (Phi) is 6.68. The molecule has 9 heteroatoms. The third-order valence-corrected chi connectivity index (χ3v) is 5.37. The van der Waals surface area contributed by atoms with Crippen molar-refractivity contribution in [1.29, 1.82) is 0 Å². The van der Waals surface area contributed by atoms with Crippen LogP contribution in [0.15, 0.2) is 35.2 Å². The maximum atomic E-state index is 12.5. The van der Waals surface area contributed by atoms with E-state index in [-0.39, 0.29) is 4.90 Å². The second-order valence-corrected chi connectivity index (χ2v) is 7.04. The van der Waals surface area contributed by atoms with Crippen LogP contribution >= 0.6 is 0 Å². The Morgan fingerprint density at radius 1 is 1.20 bits per heavy atom. The standard InChI is InChI=1S/C16H19NO7S/c1-22-16(19)12-24-15(18)7-4-13-2-5-14(6-3-13)25(20,21)17-8-10-23-11-9-17/h2-7H,8-12H2,1H3/b7-4+. The molecule has 1 aliphatic heterocycles. The number of hydrogen-bond donors (Lipinski definition) is 0. The first-order valence-electron chi connectivity index (χ1n) is 7.53. The van der Waals surface area contributed by atoms with Crippen molar-refractivity contribution in [2.75, 3.05) is 40.0 Å². The fourth-order valence-electron chi connectivity index (χ4n) is 2.09. The number of hydrogen-bond acceptors (Lipinski definition) is 7. The number of sulfonamides is 1. The SMILES string of the molecule is COC(=O)COC(=O)/C=C/c1ccc(S(=O)(=O)N2CCOCC2)cc1. The smallest absolute Gasteiger partial charge is 0.344 e. The van der Waals surface area contributed by atoms with Gasteiger partial charge in [-0.25, -0.2) is 18.0 Å². The molecule has 0 radical (unpaired) electrons. The lowest BCUT2D eigenvalue weighted by Gasteiger charge is -2.26. The number of carbonyl (C=O) groups excluding carboxylic acids is 2. The Bertz CT molecular complexity index is 734. The van der Waals surface area contributed by atoms with Gasteiger partial charge >= 0.3 is 11.9 Å². The van der Waals surface area contributed by atoms with E-state index in [1.807, 2.05) is 0 Å². The molecular weight excluding hydrogens is 350 g/mol. The fourth-order valence-corrected chi connectivity index (χ4v) is 3.50. The lowest BCUT2D eigenvalue weighted by atomic mass is 10.2. The van der Waals surface area contributed by atoms with Crippen LogP contribution in [0.4, 0.5) is 0 Å². The summed E-state index contributed by atoms with van der Waals surface area (Å²) in [6.45, 7) is 0.962. The molecule has 0 atom stereocenters. The molecule has 1 heterocycles. The summed E-state index contributed by atoms with van der Waals surface area (Å²) in [5.41, 5.74) is 0.621. The van der Waals surface area contributed by atoms with E-state index in [4.69, 9.17) is 4.74 Å². The van der Waals surface area contributed by atoms with Crippen LogP contribution in [0, 0.1) is 0 Å². The Morgan fingerprint density at radius 2 is 1.84 bits per heavy atom. The molecule has 0 spiro atoms. The van der Waals surface area contributed by atoms with Gasteiger partial charge < -0.3 is 14.2 Å². The molecule has 2 rings (SSSR count). The first-order chi connectivity index (χ1) is 11.9. The van der Waals surface area contributed by atoms with Crippen molar-refractivity contribution < 1.29 is 32.2 Å². The summed E-state index contributed by atoms with van der Waals surface area (Å²) >= 11 is 0. The topological polar surface area (TPSA) is 99.2 Å². The van der Waals surface area contributed by atoms with Gasteiger partial charge in [0.2, 0.25) is 10.0 Å². The summed E-state index contributed by atoms with van der Waals surface area (Å²) in [5, 5.41) is 0. The summed E-state index contributed by atoms with van der Waals surface area (Å²) in [6, 6.07) is 6.11. The zero-order valence-corrected chi connectivity index (χ0v) is 14.5. The van der Waals surface area contributed by atoms with Crippen molar-refractivity contribution in [3.63, 3.8) is 0 Å². The lowest BCUT2D eigenvalue weighted by Crippen LogP contribution is -2.40. The second kappa shape index (κ2) is 8.75. The molecule has 0 bridgehead atoms. The zero-order chi connectivity index (χ0) is 18.3. The Balaban J connectivity index is 1.98. The fraction of sp³-hybridized carbons (Fsp3) is 0.375. The van der Waals surface area contributed by atoms with Crippen LogP contribution in [-0.2, 0) is 33.8 Å². The Labute approximate surface area is 146 Å². The molecule has 1 aliphatic rings. The number of benzene rings is 1. The van der Waals surface area contributed by atoms with Crippen LogP contribution < -0.4 is 0 Å². The zero-order valence-electron chi connectivity index (χ0n) is 13.7. The van der Waals surface area contributed by atoms with Gasteiger partial charge in [0, 0.05) is 19.2 Å². The van der Waals surface area contributed by atoms with Crippen molar-refractivity contribution in [3.05, 3.63) is 35.9 Å². The lowest BCUT2D eigenvalue weighted by molar-refractivity contribution is -0.154. The average molecular weight is 369 g/mol. The molecule has 25 heavy (non-hydrogen) atoms. The highest BCUT2D eigenvalue weighted by Gasteiger charge is 2.25.